The highest BCUT2D eigenvalue weighted by Gasteiger charge is 2.19. The third-order valence-electron chi connectivity index (χ3n) is 3.45. The highest BCUT2D eigenvalue weighted by molar-refractivity contribution is 6.11. The van der Waals surface area contributed by atoms with Gasteiger partial charge in [-0.25, -0.2) is 4.39 Å². The number of fused-ring (bicyclic) bond motifs is 1. The Bertz CT molecular complexity index is 994. The van der Waals surface area contributed by atoms with Gasteiger partial charge < -0.3 is 4.98 Å². The van der Waals surface area contributed by atoms with Crippen molar-refractivity contribution >= 4 is 22.7 Å². The number of aromatic amines is 1. The van der Waals surface area contributed by atoms with Crippen molar-refractivity contribution in [2.45, 2.75) is 0 Å². The molecule has 0 saturated carbocycles. The minimum atomic E-state index is -1.87. The van der Waals surface area contributed by atoms with Gasteiger partial charge in [0.25, 0.3) is 0 Å². The number of hydrogen-bond donors (Lipinski definition) is 1. The van der Waals surface area contributed by atoms with Crippen molar-refractivity contribution in [2.75, 3.05) is 0 Å². The molecule has 1 heterocycles. The van der Waals surface area contributed by atoms with E-state index in [-0.39, 0.29) is 22.0 Å². The van der Waals surface area contributed by atoms with Crippen molar-refractivity contribution < 1.29 is 18.4 Å². The van der Waals surface area contributed by atoms with E-state index in [1.54, 1.807) is 18.2 Å². The summed E-state index contributed by atoms with van der Waals surface area (Å²) in [4.78, 5) is 38.3. The molecule has 23 heavy (non-hydrogen) atoms. The van der Waals surface area contributed by atoms with Crippen LogP contribution in [0.1, 0.15) is 26.3 Å². The maximum absolute atomic E-state index is 13.5. The minimum absolute atomic E-state index is 0.145. The summed E-state index contributed by atoms with van der Waals surface area (Å²) in [5.74, 6) is -1.49. The molecule has 114 valence electrons. The van der Waals surface area contributed by atoms with Crippen molar-refractivity contribution in [2.24, 2.45) is 0 Å². The molecule has 0 aliphatic heterocycles. The molecule has 2 aromatic carbocycles. The Kier molecular flexibility index (Phi) is 3.57. The molecule has 3 aromatic rings. The van der Waals surface area contributed by atoms with Gasteiger partial charge in [0.1, 0.15) is 5.82 Å². The second-order valence-electron chi connectivity index (χ2n) is 4.88. The van der Waals surface area contributed by atoms with Crippen LogP contribution in [0.4, 0.5) is 8.78 Å². The van der Waals surface area contributed by atoms with Crippen molar-refractivity contribution in [3.63, 3.8) is 0 Å². The number of pyridine rings is 1. The van der Waals surface area contributed by atoms with Crippen LogP contribution in [0.2, 0.25) is 0 Å². The molecule has 0 atom stereocenters. The van der Waals surface area contributed by atoms with E-state index >= 15 is 0 Å². The molecule has 0 aliphatic rings. The Labute approximate surface area is 128 Å². The van der Waals surface area contributed by atoms with E-state index in [4.69, 9.17) is 0 Å². The summed E-state index contributed by atoms with van der Waals surface area (Å²) in [7, 11) is 0. The summed E-state index contributed by atoms with van der Waals surface area (Å²) < 4.78 is 26.5. The van der Waals surface area contributed by atoms with Gasteiger partial charge in [-0.1, -0.05) is 30.3 Å². The molecule has 0 saturated heterocycles. The van der Waals surface area contributed by atoms with E-state index in [9.17, 15) is 23.2 Å². The van der Waals surface area contributed by atoms with Crippen LogP contribution in [0.25, 0.3) is 10.9 Å². The molecule has 1 N–H and O–H groups in total. The Hall–Kier alpha value is -3.15. The molecule has 0 spiro atoms. The molecule has 0 radical (unpaired) electrons. The van der Waals surface area contributed by atoms with Crippen LogP contribution in [0, 0.1) is 5.82 Å². The van der Waals surface area contributed by atoms with Crippen molar-refractivity contribution in [1.82, 2.24) is 4.98 Å². The normalized spacial score (nSPS) is 10.7. The van der Waals surface area contributed by atoms with Gasteiger partial charge in [0.05, 0.1) is 16.6 Å². The second-order valence-corrected chi connectivity index (χ2v) is 4.88. The first-order valence-electron chi connectivity index (χ1n) is 6.63. The number of H-pyrrole nitrogens is 1. The average Bonchev–Trinajstić information content (AvgIpc) is 2.55. The van der Waals surface area contributed by atoms with Gasteiger partial charge in [-0.05, 0) is 12.1 Å². The zero-order chi connectivity index (χ0) is 16.6. The first-order valence-corrected chi connectivity index (χ1v) is 6.63. The fraction of sp³-hybridized carbons (Fsp3) is 0. The predicted octanol–water partition coefficient (Wildman–Crippen LogP) is 3.01. The first kappa shape index (κ1) is 14.8. The number of rotatable bonds is 3. The number of aromatic nitrogens is 1. The van der Waals surface area contributed by atoms with Crippen LogP contribution < -0.4 is 5.43 Å². The molecule has 6 heteroatoms. The summed E-state index contributed by atoms with van der Waals surface area (Å²) in [6, 6.07) is 7.76. The van der Waals surface area contributed by atoms with Crippen LogP contribution in [-0.2, 0) is 0 Å². The zero-order valence-electron chi connectivity index (χ0n) is 11.6. The third kappa shape index (κ3) is 2.55. The van der Waals surface area contributed by atoms with E-state index in [0.29, 0.717) is 6.07 Å². The number of hydrogen-bond acceptors (Lipinski definition) is 3. The van der Waals surface area contributed by atoms with Crippen molar-refractivity contribution in [3.8, 4) is 0 Å². The third-order valence-corrected chi connectivity index (χ3v) is 3.45. The molecule has 0 amide bonds. The van der Waals surface area contributed by atoms with E-state index in [2.05, 4.69) is 4.98 Å². The van der Waals surface area contributed by atoms with E-state index in [1.807, 2.05) is 0 Å². The average molecular weight is 313 g/mol. The van der Waals surface area contributed by atoms with Crippen LogP contribution in [0.5, 0.6) is 0 Å². The molecule has 3 rings (SSSR count). The Morgan fingerprint density at radius 1 is 1.00 bits per heavy atom. The van der Waals surface area contributed by atoms with Gasteiger partial charge in [-0.2, -0.15) is 4.39 Å². The van der Waals surface area contributed by atoms with E-state index in [0.717, 1.165) is 12.3 Å². The smallest absolute Gasteiger partial charge is 0.334 e. The molecule has 0 unspecified atom stereocenters. The van der Waals surface area contributed by atoms with Crippen LogP contribution in [-0.4, -0.2) is 16.8 Å². The number of nitrogens with one attached hydrogen (secondary N) is 1. The predicted molar refractivity (Wildman–Crippen MR) is 79.8 cm³/mol. The lowest BCUT2D eigenvalue weighted by Crippen LogP contribution is -2.17. The molecular formula is C17H9F2NO3. The van der Waals surface area contributed by atoms with Crippen molar-refractivity contribution in [1.29, 1.82) is 0 Å². The lowest BCUT2D eigenvalue weighted by molar-refractivity contribution is 0.0837. The van der Waals surface area contributed by atoms with Gasteiger partial charge in [0.15, 0.2) is 5.78 Å². The van der Waals surface area contributed by atoms with Gasteiger partial charge >= 0.3 is 6.04 Å². The van der Waals surface area contributed by atoms with Gasteiger partial charge in [-0.15, -0.1) is 0 Å². The maximum Gasteiger partial charge on any atom is 0.334 e. The second kappa shape index (κ2) is 5.57. The first-order chi connectivity index (χ1) is 11.0. The largest absolute Gasteiger partial charge is 0.360 e. The van der Waals surface area contributed by atoms with Crippen molar-refractivity contribution in [3.05, 3.63) is 81.4 Å². The van der Waals surface area contributed by atoms with Crippen LogP contribution >= 0.6 is 0 Å². The fourth-order valence-corrected chi connectivity index (χ4v) is 2.37. The minimum Gasteiger partial charge on any atom is -0.360 e. The van der Waals surface area contributed by atoms with Crippen LogP contribution in [0.15, 0.2) is 53.5 Å². The number of carbonyl (C=O) groups is 2. The number of ketones is 1. The summed E-state index contributed by atoms with van der Waals surface area (Å²) in [5.41, 5.74) is -1.43. The molecule has 0 fully saturated rings. The summed E-state index contributed by atoms with van der Waals surface area (Å²) >= 11 is 0. The quantitative estimate of drug-likeness (QED) is 0.597. The molecule has 0 aliphatic carbocycles. The monoisotopic (exact) mass is 313 g/mol. The lowest BCUT2D eigenvalue weighted by Gasteiger charge is -2.05. The van der Waals surface area contributed by atoms with Gasteiger partial charge in [-0.3, -0.25) is 14.4 Å². The number of carbonyl (C=O) groups excluding carboxylic acids is 2. The Morgan fingerprint density at radius 2 is 1.70 bits per heavy atom. The summed E-state index contributed by atoms with van der Waals surface area (Å²) in [6.07, 6.45) is 1.10. The molecular weight excluding hydrogens is 304 g/mol. The lowest BCUT2D eigenvalue weighted by atomic mass is 10.0. The van der Waals surface area contributed by atoms with Gasteiger partial charge in [0.2, 0.25) is 5.43 Å². The highest BCUT2D eigenvalue weighted by Crippen LogP contribution is 2.18. The zero-order valence-corrected chi connectivity index (χ0v) is 11.6. The van der Waals surface area contributed by atoms with Gasteiger partial charge in [0, 0.05) is 17.1 Å². The Balaban J connectivity index is 2.26. The SMILES string of the molecule is O=C(c1ccccc1)c1c[nH]c2c(C(=O)F)cc(F)cc2c1=O. The van der Waals surface area contributed by atoms with E-state index in [1.165, 1.54) is 12.1 Å². The molecule has 0 bridgehead atoms. The standard InChI is InChI=1S/C17H9F2NO3/c18-10-6-11-14(12(7-10)17(19)23)20-8-13(16(11)22)15(21)9-4-2-1-3-5-9/h1-8H,(H,20,22). The Morgan fingerprint density at radius 3 is 2.35 bits per heavy atom. The fourth-order valence-electron chi connectivity index (χ4n) is 2.37. The number of halogens is 2. The van der Waals surface area contributed by atoms with E-state index < -0.39 is 28.6 Å². The summed E-state index contributed by atoms with van der Waals surface area (Å²) in [6.45, 7) is 0. The highest BCUT2D eigenvalue weighted by atomic mass is 19.1. The number of benzene rings is 2. The maximum atomic E-state index is 13.5. The topological polar surface area (TPSA) is 67.0 Å². The van der Waals surface area contributed by atoms with Crippen LogP contribution in [0.3, 0.4) is 0 Å². The summed E-state index contributed by atoms with van der Waals surface area (Å²) in [5, 5.41) is -0.257. The molecule has 4 nitrogen and oxygen atoms in total. The molecule has 1 aromatic heterocycles.